The molecule has 2 nitrogen and oxygen atoms in total. The predicted octanol–water partition coefficient (Wildman–Crippen LogP) is 2.44. The minimum absolute atomic E-state index is 0.415. The molecule has 0 aromatic heterocycles. The average molecular weight is 257 g/mol. The Morgan fingerprint density at radius 3 is 3.14 bits per heavy atom. The summed E-state index contributed by atoms with van der Waals surface area (Å²) in [7, 11) is 0. The van der Waals surface area contributed by atoms with E-state index in [4.69, 9.17) is 4.74 Å². The Morgan fingerprint density at radius 1 is 1.50 bits per heavy atom. The third-order valence-corrected chi connectivity index (χ3v) is 3.08. The second-order valence-corrected chi connectivity index (χ2v) is 4.14. The topological polar surface area (TPSA) is 29.5 Å². The molecule has 0 spiro atoms. The number of ether oxygens (including phenoxy) is 1. The van der Waals surface area contributed by atoms with Crippen LogP contribution in [0.1, 0.15) is 23.7 Å². The molecule has 1 aromatic rings. The van der Waals surface area contributed by atoms with E-state index in [-0.39, 0.29) is 0 Å². The van der Waals surface area contributed by atoms with Crippen LogP contribution in [0.4, 0.5) is 0 Å². The Kier molecular flexibility index (Phi) is 3.08. The summed E-state index contributed by atoms with van der Waals surface area (Å²) in [5.74, 6) is 0.974. The van der Waals surface area contributed by atoms with E-state index in [1.807, 2.05) is 18.2 Å². The number of aliphatic hydroxyl groups excluding tert-OH is 1. The highest BCUT2D eigenvalue weighted by Gasteiger charge is 2.13. The van der Waals surface area contributed by atoms with E-state index in [9.17, 15) is 5.11 Å². The molecule has 0 radical (unpaired) electrons. The van der Waals surface area contributed by atoms with Gasteiger partial charge in [0.25, 0.3) is 0 Å². The van der Waals surface area contributed by atoms with Crippen molar-refractivity contribution < 1.29 is 9.84 Å². The van der Waals surface area contributed by atoms with Crippen LogP contribution in [0, 0.1) is 0 Å². The van der Waals surface area contributed by atoms with Gasteiger partial charge in [-0.2, -0.15) is 0 Å². The van der Waals surface area contributed by atoms with Crippen molar-refractivity contribution in [2.45, 2.75) is 18.9 Å². The quantitative estimate of drug-likeness (QED) is 0.824. The second-order valence-electron chi connectivity index (χ2n) is 3.49. The van der Waals surface area contributed by atoms with Crippen LogP contribution in [-0.2, 0) is 6.42 Å². The monoisotopic (exact) mass is 256 g/mol. The van der Waals surface area contributed by atoms with Crippen LogP contribution < -0.4 is 4.74 Å². The summed E-state index contributed by atoms with van der Waals surface area (Å²) in [6, 6.07) is 5.92. The molecule has 76 valence electrons. The standard InChI is InChI=1S/C11H13BrO2/c12-7-10(13)8-3-4-11-9(6-8)2-1-5-14-11/h3-4,6,10,13H,1-2,5,7H2. The van der Waals surface area contributed by atoms with Gasteiger partial charge < -0.3 is 9.84 Å². The summed E-state index contributed by atoms with van der Waals surface area (Å²) in [4.78, 5) is 0. The van der Waals surface area contributed by atoms with Crippen molar-refractivity contribution in [3.8, 4) is 5.75 Å². The number of aryl methyl sites for hydroxylation is 1. The van der Waals surface area contributed by atoms with Crippen LogP contribution in [0.15, 0.2) is 18.2 Å². The molecule has 1 aliphatic rings. The molecule has 1 atom stereocenters. The van der Waals surface area contributed by atoms with Crippen LogP contribution >= 0.6 is 15.9 Å². The molecular weight excluding hydrogens is 244 g/mol. The summed E-state index contributed by atoms with van der Waals surface area (Å²) in [5.41, 5.74) is 2.18. The second kappa shape index (κ2) is 4.32. The number of benzene rings is 1. The van der Waals surface area contributed by atoms with Gasteiger partial charge in [0, 0.05) is 5.33 Å². The van der Waals surface area contributed by atoms with Gasteiger partial charge in [0.1, 0.15) is 5.75 Å². The summed E-state index contributed by atoms with van der Waals surface area (Å²) >= 11 is 3.27. The molecule has 0 saturated carbocycles. The van der Waals surface area contributed by atoms with E-state index >= 15 is 0 Å². The van der Waals surface area contributed by atoms with Gasteiger partial charge in [-0.05, 0) is 36.1 Å². The molecule has 0 amide bonds. The lowest BCUT2D eigenvalue weighted by Gasteiger charge is -2.18. The smallest absolute Gasteiger partial charge is 0.122 e. The highest BCUT2D eigenvalue weighted by molar-refractivity contribution is 9.09. The fourth-order valence-electron chi connectivity index (χ4n) is 1.68. The minimum atomic E-state index is -0.415. The zero-order valence-electron chi connectivity index (χ0n) is 7.87. The van der Waals surface area contributed by atoms with Gasteiger partial charge >= 0.3 is 0 Å². The number of rotatable bonds is 2. The van der Waals surface area contributed by atoms with Gasteiger partial charge in [-0.3, -0.25) is 0 Å². The van der Waals surface area contributed by atoms with Gasteiger partial charge in [-0.25, -0.2) is 0 Å². The first kappa shape index (κ1) is 9.99. The van der Waals surface area contributed by atoms with Crippen molar-refractivity contribution >= 4 is 15.9 Å². The Hall–Kier alpha value is -0.540. The van der Waals surface area contributed by atoms with E-state index in [2.05, 4.69) is 15.9 Å². The summed E-state index contributed by atoms with van der Waals surface area (Å²) in [6.07, 6.45) is 1.71. The van der Waals surface area contributed by atoms with Crippen LogP contribution in [0.3, 0.4) is 0 Å². The Bertz CT molecular complexity index is 325. The van der Waals surface area contributed by atoms with Gasteiger partial charge in [0.15, 0.2) is 0 Å². The number of alkyl halides is 1. The Morgan fingerprint density at radius 2 is 2.36 bits per heavy atom. The maximum atomic E-state index is 9.64. The van der Waals surface area contributed by atoms with Crippen molar-refractivity contribution in [3.05, 3.63) is 29.3 Å². The lowest BCUT2D eigenvalue weighted by atomic mass is 10.0. The molecule has 1 heterocycles. The van der Waals surface area contributed by atoms with Gasteiger partial charge in [-0.1, -0.05) is 22.0 Å². The first-order valence-corrected chi connectivity index (χ1v) is 5.93. The Balaban J connectivity index is 2.29. The molecule has 0 saturated heterocycles. The number of hydrogen-bond donors (Lipinski definition) is 1. The predicted molar refractivity (Wildman–Crippen MR) is 59.0 cm³/mol. The van der Waals surface area contributed by atoms with Crippen LogP contribution in [0.5, 0.6) is 5.75 Å². The maximum Gasteiger partial charge on any atom is 0.122 e. The molecule has 14 heavy (non-hydrogen) atoms. The molecule has 2 rings (SSSR count). The number of aliphatic hydroxyl groups is 1. The summed E-state index contributed by atoms with van der Waals surface area (Å²) in [6.45, 7) is 0.813. The molecule has 1 unspecified atom stereocenters. The zero-order valence-corrected chi connectivity index (χ0v) is 9.46. The highest BCUT2D eigenvalue weighted by atomic mass is 79.9. The lowest BCUT2D eigenvalue weighted by molar-refractivity contribution is 0.205. The average Bonchev–Trinajstić information content (AvgIpc) is 2.27. The fraction of sp³-hybridized carbons (Fsp3) is 0.455. The normalized spacial score (nSPS) is 17.0. The molecule has 1 N–H and O–H groups in total. The van der Waals surface area contributed by atoms with Gasteiger partial charge in [-0.15, -0.1) is 0 Å². The van der Waals surface area contributed by atoms with E-state index < -0.39 is 6.10 Å². The molecule has 1 aliphatic heterocycles. The number of fused-ring (bicyclic) bond motifs is 1. The van der Waals surface area contributed by atoms with Gasteiger partial charge in [0.2, 0.25) is 0 Å². The van der Waals surface area contributed by atoms with E-state index in [1.165, 1.54) is 5.56 Å². The van der Waals surface area contributed by atoms with Crippen LogP contribution in [0.25, 0.3) is 0 Å². The number of hydrogen-bond acceptors (Lipinski definition) is 2. The largest absolute Gasteiger partial charge is 0.493 e. The van der Waals surface area contributed by atoms with Crippen molar-refractivity contribution in [3.63, 3.8) is 0 Å². The summed E-state index contributed by atoms with van der Waals surface area (Å²) < 4.78 is 5.50. The maximum absolute atomic E-state index is 9.64. The first-order chi connectivity index (χ1) is 6.81. The van der Waals surface area contributed by atoms with Crippen molar-refractivity contribution in [1.29, 1.82) is 0 Å². The van der Waals surface area contributed by atoms with E-state index in [0.29, 0.717) is 5.33 Å². The lowest BCUT2D eigenvalue weighted by Crippen LogP contribution is -2.09. The first-order valence-electron chi connectivity index (χ1n) is 4.81. The molecule has 1 aromatic carbocycles. The van der Waals surface area contributed by atoms with Crippen molar-refractivity contribution in [2.24, 2.45) is 0 Å². The van der Waals surface area contributed by atoms with Crippen molar-refractivity contribution in [1.82, 2.24) is 0 Å². The number of halogens is 1. The molecule has 0 bridgehead atoms. The van der Waals surface area contributed by atoms with Crippen LogP contribution in [-0.4, -0.2) is 17.0 Å². The zero-order chi connectivity index (χ0) is 9.97. The molecule has 3 heteroatoms. The summed E-state index contributed by atoms with van der Waals surface area (Å²) in [5, 5.41) is 10.2. The fourth-order valence-corrected chi connectivity index (χ4v) is 2.05. The third kappa shape index (κ3) is 1.93. The van der Waals surface area contributed by atoms with Crippen molar-refractivity contribution in [2.75, 3.05) is 11.9 Å². The third-order valence-electron chi connectivity index (χ3n) is 2.46. The highest BCUT2D eigenvalue weighted by Crippen LogP contribution is 2.28. The van der Waals surface area contributed by atoms with Crippen LogP contribution in [0.2, 0.25) is 0 Å². The minimum Gasteiger partial charge on any atom is -0.493 e. The van der Waals surface area contributed by atoms with E-state index in [1.54, 1.807) is 0 Å². The molecule has 0 fully saturated rings. The van der Waals surface area contributed by atoms with Gasteiger partial charge in [0.05, 0.1) is 12.7 Å². The Labute approximate surface area is 92.0 Å². The molecular formula is C11H13BrO2. The van der Waals surface area contributed by atoms with E-state index in [0.717, 1.165) is 30.8 Å². The molecule has 0 aliphatic carbocycles. The SMILES string of the molecule is OC(CBr)c1ccc2c(c1)CCCO2.